The summed E-state index contributed by atoms with van der Waals surface area (Å²) in [5, 5.41) is 2.39. The highest BCUT2D eigenvalue weighted by atomic mass is 35.5. The van der Waals surface area contributed by atoms with Crippen molar-refractivity contribution in [2.24, 2.45) is 0 Å². The third-order valence-electron chi connectivity index (χ3n) is 3.73. The molecular weight excluding hydrogens is 455 g/mol. The minimum atomic E-state index is -4.03. The molecule has 160 valence electrons. The summed E-state index contributed by atoms with van der Waals surface area (Å²) in [6.07, 6.45) is -0.311. The van der Waals surface area contributed by atoms with Crippen molar-refractivity contribution in [3.63, 3.8) is 0 Å². The standard InChI is InChI=1S/C19H18Cl2N2O6S/c1-12(24)13-4-2-5-14(10-13)23-17(25)11-29-18(26)8-9-22-30(27,28)19-15(20)6-3-7-16(19)21/h2-7,10,22H,8-9,11H2,1H3,(H,23,25). The summed E-state index contributed by atoms with van der Waals surface area (Å²) in [7, 11) is -4.03. The molecular formula is C19H18Cl2N2O6S. The summed E-state index contributed by atoms with van der Waals surface area (Å²) in [6.45, 7) is 0.563. The first-order valence-electron chi connectivity index (χ1n) is 8.60. The Labute approximate surface area is 183 Å². The van der Waals surface area contributed by atoms with Crippen molar-refractivity contribution in [2.75, 3.05) is 18.5 Å². The van der Waals surface area contributed by atoms with E-state index >= 15 is 0 Å². The molecule has 0 fully saturated rings. The fraction of sp³-hybridized carbons (Fsp3) is 0.211. The maximum atomic E-state index is 12.3. The second-order valence-corrected chi connectivity index (χ2v) is 8.56. The highest BCUT2D eigenvalue weighted by Crippen LogP contribution is 2.28. The number of ether oxygens (including phenoxy) is 1. The second-order valence-electron chi connectivity index (χ2n) is 6.04. The van der Waals surface area contributed by atoms with E-state index in [0.29, 0.717) is 11.3 Å². The van der Waals surface area contributed by atoms with Crippen LogP contribution >= 0.6 is 23.2 Å². The van der Waals surface area contributed by atoms with Crippen molar-refractivity contribution in [3.8, 4) is 0 Å². The Morgan fingerprint density at radius 3 is 2.30 bits per heavy atom. The van der Waals surface area contributed by atoms with Gasteiger partial charge in [-0.3, -0.25) is 14.4 Å². The number of Topliss-reactive ketones (excluding diaryl/α,β-unsaturated/α-hetero) is 1. The topological polar surface area (TPSA) is 119 Å². The van der Waals surface area contributed by atoms with Crippen molar-refractivity contribution in [2.45, 2.75) is 18.2 Å². The van der Waals surface area contributed by atoms with Gasteiger partial charge < -0.3 is 10.1 Å². The predicted molar refractivity (Wildman–Crippen MR) is 112 cm³/mol. The molecule has 0 bridgehead atoms. The Kier molecular flexibility index (Phi) is 8.36. The molecule has 0 aliphatic heterocycles. The molecule has 1 amide bonds. The molecule has 0 aliphatic rings. The number of amides is 1. The third kappa shape index (κ3) is 6.81. The number of hydrogen-bond donors (Lipinski definition) is 2. The van der Waals surface area contributed by atoms with E-state index < -0.39 is 28.5 Å². The van der Waals surface area contributed by atoms with Gasteiger partial charge >= 0.3 is 5.97 Å². The lowest BCUT2D eigenvalue weighted by molar-refractivity contribution is -0.147. The van der Waals surface area contributed by atoms with Crippen LogP contribution in [0.2, 0.25) is 10.0 Å². The molecule has 0 heterocycles. The normalized spacial score (nSPS) is 11.0. The maximum Gasteiger partial charge on any atom is 0.307 e. The van der Waals surface area contributed by atoms with Gasteiger partial charge in [0.1, 0.15) is 4.90 Å². The molecule has 0 aliphatic carbocycles. The number of hydrogen-bond acceptors (Lipinski definition) is 6. The zero-order chi connectivity index (χ0) is 22.3. The van der Waals surface area contributed by atoms with E-state index in [2.05, 4.69) is 10.0 Å². The number of benzene rings is 2. The quantitative estimate of drug-likeness (QED) is 0.427. The van der Waals surface area contributed by atoms with Crippen LogP contribution in [0.3, 0.4) is 0 Å². The monoisotopic (exact) mass is 472 g/mol. The fourth-order valence-electron chi connectivity index (χ4n) is 2.33. The van der Waals surface area contributed by atoms with E-state index in [1.807, 2.05) is 0 Å². The molecule has 2 aromatic rings. The van der Waals surface area contributed by atoms with Gasteiger partial charge in [0.25, 0.3) is 5.91 Å². The zero-order valence-electron chi connectivity index (χ0n) is 15.8. The zero-order valence-corrected chi connectivity index (χ0v) is 18.1. The molecule has 30 heavy (non-hydrogen) atoms. The van der Waals surface area contributed by atoms with E-state index in [1.165, 1.54) is 31.2 Å². The molecule has 0 radical (unpaired) electrons. The largest absolute Gasteiger partial charge is 0.456 e. The lowest BCUT2D eigenvalue weighted by Crippen LogP contribution is -2.28. The lowest BCUT2D eigenvalue weighted by Gasteiger charge is -2.10. The molecule has 0 aromatic heterocycles. The Morgan fingerprint density at radius 2 is 1.67 bits per heavy atom. The first-order valence-corrected chi connectivity index (χ1v) is 10.8. The van der Waals surface area contributed by atoms with Crippen molar-refractivity contribution in [1.82, 2.24) is 4.72 Å². The molecule has 0 saturated heterocycles. The average molecular weight is 473 g/mol. The van der Waals surface area contributed by atoms with E-state index in [9.17, 15) is 22.8 Å². The Morgan fingerprint density at radius 1 is 1.03 bits per heavy atom. The number of nitrogens with one attached hydrogen (secondary N) is 2. The molecule has 0 unspecified atom stereocenters. The minimum absolute atomic E-state index is 0.0527. The minimum Gasteiger partial charge on any atom is -0.456 e. The molecule has 0 spiro atoms. The van der Waals surface area contributed by atoms with Gasteiger partial charge in [-0.05, 0) is 31.2 Å². The number of ketones is 1. The summed E-state index contributed by atoms with van der Waals surface area (Å²) >= 11 is 11.8. The van der Waals surface area contributed by atoms with Crippen LogP contribution in [-0.2, 0) is 24.3 Å². The Hall–Kier alpha value is -2.46. The van der Waals surface area contributed by atoms with Crippen molar-refractivity contribution >= 4 is 56.6 Å². The SMILES string of the molecule is CC(=O)c1cccc(NC(=O)COC(=O)CCNS(=O)(=O)c2c(Cl)cccc2Cl)c1. The van der Waals surface area contributed by atoms with Crippen LogP contribution in [0.1, 0.15) is 23.7 Å². The third-order valence-corrected chi connectivity index (χ3v) is 6.14. The molecule has 8 nitrogen and oxygen atoms in total. The first-order chi connectivity index (χ1) is 14.1. The highest BCUT2D eigenvalue weighted by Gasteiger charge is 2.21. The van der Waals surface area contributed by atoms with E-state index in [1.54, 1.807) is 18.2 Å². The number of sulfonamides is 1. The molecule has 2 N–H and O–H groups in total. The lowest BCUT2D eigenvalue weighted by atomic mass is 10.1. The van der Waals surface area contributed by atoms with Crippen molar-refractivity contribution < 1.29 is 27.5 Å². The number of carbonyl (C=O) groups is 3. The molecule has 2 aromatic carbocycles. The van der Waals surface area contributed by atoms with Crippen LogP contribution < -0.4 is 10.0 Å². The number of halogens is 2. The van der Waals surface area contributed by atoms with E-state index in [0.717, 1.165) is 0 Å². The van der Waals surface area contributed by atoms with Crippen molar-refractivity contribution in [3.05, 3.63) is 58.1 Å². The van der Waals surface area contributed by atoms with Crippen molar-refractivity contribution in [1.29, 1.82) is 0 Å². The van der Waals surface area contributed by atoms with Crippen LogP contribution in [0.15, 0.2) is 47.4 Å². The Balaban J connectivity index is 1.80. The molecule has 0 saturated carbocycles. The highest BCUT2D eigenvalue weighted by molar-refractivity contribution is 7.89. The first kappa shape index (κ1) is 23.8. The fourth-order valence-corrected chi connectivity index (χ4v) is 4.50. The Bertz CT molecular complexity index is 1050. The van der Waals surface area contributed by atoms with Gasteiger partial charge in [-0.25, -0.2) is 13.1 Å². The van der Waals surface area contributed by atoms with Crippen LogP contribution in [0.25, 0.3) is 0 Å². The van der Waals surface area contributed by atoms with Gasteiger partial charge in [-0.15, -0.1) is 0 Å². The average Bonchev–Trinajstić information content (AvgIpc) is 2.66. The summed E-state index contributed by atoms with van der Waals surface area (Å²) in [5.74, 6) is -1.54. The summed E-state index contributed by atoms with van der Waals surface area (Å²) < 4.78 is 31.6. The van der Waals surface area contributed by atoms with Crippen LogP contribution in [0.4, 0.5) is 5.69 Å². The van der Waals surface area contributed by atoms with Gasteiger partial charge in [-0.2, -0.15) is 0 Å². The summed E-state index contributed by atoms with van der Waals surface area (Å²) in [5.41, 5.74) is 0.809. The smallest absolute Gasteiger partial charge is 0.307 e. The number of carbonyl (C=O) groups excluding carboxylic acids is 3. The second kappa shape index (κ2) is 10.5. The number of esters is 1. The summed E-state index contributed by atoms with van der Waals surface area (Å²) in [6, 6.07) is 10.5. The van der Waals surface area contributed by atoms with Gasteiger partial charge in [-0.1, -0.05) is 41.4 Å². The van der Waals surface area contributed by atoms with Crippen LogP contribution in [0, 0.1) is 0 Å². The summed E-state index contributed by atoms with van der Waals surface area (Å²) in [4.78, 5) is 34.7. The number of rotatable bonds is 9. The number of anilines is 1. The van der Waals surface area contributed by atoms with E-state index in [-0.39, 0.29) is 33.7 Å². The van der Waals surface area contributed by atoms with Gasteiger partial charge in [0, 0.05) is 17.8 Å². The van der Waals surface area contributed by atoms with Gasteiger partial charge in [0.05, 0.1) is 16.5 Å². The predicted octanol–water partition coefficient (Wildman–Crippen LogP) is 3.05. The molecule has 0 atom stereocenters. The van der Waals surface area contributed by atoms with Gasteiger partial charge in [0.2, 0.25) is 10.0 Å². The van der Waals surface area contributed by atoms with Crippen LogP contribution in [-0.4, -0.2) is 39.2 Å². The molecule has 11 heteroatoms. The van der Waals surface area contributed by atoms with Gasteiger partial charge in [0.15, 0.2) is 12.4 Å². The van der Waals surface area contributed by atoms with E-state index in [4.69, 9.17) is 27.9 Å². The van der Waals surface area contributed by atoms with Crippen LogP contribution in [0.5, 0.6) is 0 Å². The maximum absolute atomic E-state index is 12.3. The molecule has 2 rings (SSSR count).